The Labute approximate surface area is 46.0 Å². The maximum absolute atomic E-state index is 10.2. The fraction of sp³-hybridized carbons (Fsp3) is 0.250. The minimum Gasteiger partial charge on any atom is -0.286 e. The van der Waals surface area contributed by atoms with Crippen molar-refractivity contribution in [1.82, 2.24) is 5.06 Å². The Hall–Kier alpha value is -0.900. The Morgan fingerprint density at radius 3 is 2.38 bits per heavy atom. The largest absolute Gasteiger partial charge is 0.316 e. The summed E-state index contributed by atoms with van der Waals surface area (Å²) >= 11 is 0. The van der Waals surface area contributed by atoms with Crippen molar-refractivity contribution in [3.63, 3.8) is 0 Å². The lowest BCUT2D eigenvalue weighted by Gasteiger charge is -1.99. The van der Waals surface area contributed by atoms with Crippen LogP contribution in [0.15, 0.2) is 0 Å². The van der Waals surface area contributed by atoms with E-state index in [1.165, 1.54) is 0 Å². The third-order valence-electron chi connectivity index (χ3n) is 0.773. The molecule has 0 bridgehead atoms. The fourth-order valence-electron chi connectivity index (χ4n) is 0.371. The van der Waals surface area contributed by atoms with Gasteiger partial charge in [-0.15, -0.1) is 0 Å². The summed E-state index contributed by atoms with van der Waals surface area (Å²) in [5, 5.41) is 0.433. The highest BCUT2D eigenvalue weighted by Gasteiger charge is 2.27. The Bertz CT molecular complexity index is 142. The van der Waals surface area contributed by atoms with E-state index in [4.69, 9.17) is 7.05 Å². The lowest BCUT2D eigenvalue weighted by atomic mass is 10.4. The number of carbonyl (C=O) groups is 2. The minimum absolute atomic E-state index is 0.227. The average molecular weight is 113 g/mol. The molecular formula is C4H3NO3. The topological polar surface area (TPSA) is 46.6 Å². The molecule has 0 unspecified atom stereocenters. The number of carbonyl (C=O) groups excluding carboxylic acids is 2. The van der Waals surface area contributed by atoms with Gasteiger partial charge in [0, 0.05) is 0 Å². The molecule has 2 radical (unpaired) electrons. The first kappa shape index (κ1) is 5.24. The third kappa shape index (κ3) is 0.586. The van der Waals surface area contributed by atoms with Gasteiger partial charge in [-0.1, -0.05) is 0 Å². The molecule has 0 aromatic heterocycles. The number of hydrogen-bond donors (Lipinski definition) is 0. The van der Waals surface area contributed by atoms with E-state index in [9.17, 15) is 9.59 Å². The van der Waals surface area contributed by atoms with Gasteiger partial charge in [-0.3, -0.25) is 14.4 Å². The Balaban J connectivity index is 2.71. The predicted molar refractivity (Wildman–Crippen MR) is 22.1 cm³/mol. The Morgan fingerprint density at radius 1 is 1.62 bits per heavy atom. The zero-order valence-electron chi connectivity index (χ0n) is 3.96. The van der Waals surface area contributed by atoms with Crippen molar-refractivity contribution >= 4 is 11.7 Å². The van der Waals surface area contributed by atoms with Gasteiger partial charge in [0.05, 0.1) is 0 Å². The number of Topliss-reactive ketones (excluding diaryl/α,β-unsaturated/α-hetero) is 1. The van der Waals surface area contributed by atoms with Crippen LogP contribution in [-0.2, 0) is 14.4 Å². The molecule has 0 aromatic rings. The molecule has 1 fully saturated rings. The summed E-state index contributed by atoms with van der Waals surface area (Å²) in [5.74, 6) is -1.39. The fourth-order valence-corrected chi connectivity index (χ4v) is 0.371. The minimum atomic E-state index is -0.787. The van der Waals surface area contributed by atoms with Crippen LogP contribution < -0.4 is 0 Å². The SMILES string of the molecule is [CH]N1OCC(=O)C1=O. The molecule has 0 aliphatic carbocycles. The van der Waals surface area contributed by atoms with Gasteiger partial charge in [-0.2, -0.15) is 0 Å². The smallest absolute Gasteiger partial charge is 0.286 e. The van der Waals surface area contributed by atoms with E-state index in [1.54, 1.807) is 0 Å². The summed E-state index contributed by atoms with van der Waals surface area (Å²) in [4.78, 5) is 24.7. The van der Waals surface area contributed by atoms with Crippen molar-refractivity contribution in [3.8, 4) is 0 Å². The second kappa shape index (κ2) is 1.56. The monoisotopic (exact) mass is 113 g/mol. The molecule has 42 valence electrons. The van der Waals surface area contributed by atoms with Crippen LogP contribution in [0.5, 0.6) is 0 Å². The number of hydrogen-bond acceptors (Lipinski definition) is 3. The molecule has 1 rings (SSSR count). The zero-order valence-corrected chi connectivity index (χ0v) is 3.96. The molecule has 1 saturated heterocycles. The van der Waals surface area contributed by atoms with Crippen LogP contribution in [0.2, 0.25) is 0 Å². The molecular weight excluding hydrogens is 110 g/mol. The number of rotatable bonds is 0. The summed E-state index contributed by atoms with van der Waals surface area (Å²) in [5.41, 5.74) is 0. The van der Waals surface area contributed by atoms with Crippen molar-refractivity contribution in [3.05, 3.63) is 7.05 Å². The maximum atomic E-state index is 10.2. The summed E-state index contributed by atoms with van der Waals surface area (Å²) in [7, 11) is 4.81. The molecule has 0 saturated carbocycles. The zero-order chi connectivity index (χ0) is 6.15. The van der Waals surface area contributed by atoms with Gasteiger partial charge in [0.15, 0.2) is 0 Å². The number of ketones is 1. The van der Waals surface area contributed by atoms with Crippen LogP contribution in [0.25, 0.3) is 0 Å². The third-order valence-corrected chi connectivity index (χ3v) is 0.773. The van der Waals surface area contributed by atoms with E-state index >= 15 is 0 Å². The van der Waals surface area contributed by atoms with Gasteiger partial charge in [-0.05, 0) is 0 Å². The van der Waals surface area contributed by atoms with E-state index < -0.39 is 11.7 Å². The number of hydroxylamine groups is 2. The van der Waals surface area contributed by atoms with Crippen molar-refractivity contribution < 1.29 is 14.4 Å². The van der Waals surface area contributed by atoms with Gasteiger partial charge in [-0.25, -0.2) is 5.06 Å². The summed E-state index contributed by atoms with van der Waals surface area (Å²) in [6.07, 6.45) is 0. The molecule has 0 N–H and O–H groups in total. The van der Waals surface area contributed by atoms with Crippen molar-refractivity contribution in [2.45, 2.75) is 0 Å². The summed E-state index contributed by atoms with van der Waals surface area (Å²) in [6.45, 7) is -0.227. The lowest BCUT2D eigenvalue weighted by molar-refractivity contribution is -0.151. The lowest BCUT2D eigenvalue weighted by Crippen LogP contribution is -2.19. The van der Waals surface area contributed by atoms with Gasteiger partial charge in [0.1, 0.15) is 13.7 Å². The molecule has 0 atom stereocenters. The normalized spacial score (nSPS) is 20.4. The first-order chi connectivity index (χ1) is 3.72. The highest BCUT2D eigenvalue weighted by molar-refractivity contribution is 6.37. The maximum Gasteiger partial charge on any atom is 0.316 e. The van der Waals surface area contributed by atoms with Gasteiger partial charge < -0.3 is 0 Å². The Morgan fingerprint density at radius 2 is 2.25 bits per heavy atom. The molecule has 1 amide bonds. The Kier molecular flexibility index (Phi) is 1.02. The van der Waals surface area contributed by atoms with Crippen LogP contribution in [0, 0.1) is 7.05 Å². The number of nitrogens with zero attached hydrogens (tertiary/aromatic N) is 1. The van der Waals surface area contributed by atoms with Crippen LogP contribution in [-0.4, -0.2) is 23.4 Å². The summed E-state index contributed by atoms with van der Waals surface area (Å²) in [6, 6.07) is 0. The van der Waals surface area contributed by atoms with Crippen LogP contribution in [0.3, 0.4) is 0 Å². The standard InChI is InChI=1S/C4H3NO3/c1-5-4(7)3(6)2-8-5/h1H,2H2. The first-order valence-corrected chi connectivity index (χ1v) is 1.96. The highest BCUT2D eigenvalue weighted by Crippen LogP contribution is 1.98. The molecule has 1 heterocycles. The van der Waals surface area contributed by atoms with E-state index in [1.807, 2.05) is 0 Å². The molecule has 8 heavy (non-hydrogen) atoms. The van der Waals surface area contributed by atoms with E-state index in [2.05, 4.69) is 4.84 Å². The van der Waals surface area contributed by atoms with Crippen LogP contribution in [0.4, 0.5) is 0 Å². The van der Waals surface area contributed by atoms with Crippen LogP contribution >= 0.6 is 0 Å². The summed E-state index contributed by atoms with van der Waals surface area (Å²) < 4.78 is 0. The first-order valence-electron chi connectivity index (χ1n) is 1.96. The molecule has 4 heteroatoms. The highest BCUT2D eigenvalue weighted by atomic mass is 16.7. The molecule has 1 aliphatic rings. The second-order valence-corrected chi connectivity index (χ2v) is 1.33. The van der Waals surface area contributed by atoms with Gasteiger partial charge in [0.25, 0.3) is 5.78 Å². The molecule has 1 aliphatic heterocycles. The number of amides is 1. The van der Waals surface area contributed by atoms with Crippen molar-refractivity contribution in [1.29, 1.82) is 0 Å². The van der Waals surface area contributed by atoms with Gasteiger partial charge >= 0.3 is 5.91 Å². The average Bonchev–Trinajstić information content (AvgIpc) is 1.98. The molecule has 0 spiro atoms. The van der Waals surface area contributed by atoms with Gasteiger partial charge in [0.2, 0.25) is 0 Å². The van der Waals surface area contributed by atoms with Crippen molar-refractivity contribution in [2.24, 2.45) is 0 Å². The predicted octanol–water partition coefficient (Wildman–Crippen LogP) is -1.00. The van der Waals surface area contributed by atoms with E-state index in [0.717, 1.165) is 0 Å². The van der Waals surface area contributed by atoms with Crippen LogP contribution in [0.1, 0.15) is 0 Å². The molecule has 0 aromatic carbocycles. The van der Waals surface area contributed by atoms with Crippen molar-refractivity contribution in [2.75, 3.05) is 6.61 Å². The van der Waals surface area contributed by atoms with E-state index in [-0.39, 0.29) is 6.61 Å². The second-order valence-electron chi connectivity index (χ2n) is 1.33. The van der Waals surface area contributed by atoms with E-state index in [0.29, 0.717) is 5.06 Å². The molecule has 4 nitrogen and oxygen atoms in total. The quantitative estimate of drug-likeness (QED) is 0.378.